The minimum absolute atomic E-state index is 0.0170. The molecule has 0 radical (unpaired) electrons. The van der Waals surface area contributed by atoms with Crippen molar-refractivity contribution in [2.75, 3.05) is 53.2 Å². The van der Waals surface area contributed by atoms with Gasteiger partial charge in [0.25, 0.3) is 5.91 Å². The third kappa shape index (κ3) is 4.71. The summed E-state index contributed by atoms with van der Waals surface area (Å²) in [5, 5.41) is 10.2. The average Bonchev–Trinajstić information content (AvgIpc) is 3.40. The van der Waals surface area contributed by atoms with Gasteiger partial charge in [-0.15, -0.1) is 0 Å². The van der Waals surface area contributed by atoms with Crippen LogP contribution in [0.15, 0.2) is 48.7 Å². The molecule has 0 saturated carbocycles. The van der Waals surface area contributed by atoms with E-state index in [1.807, 2.05) is 42.5 Å². The fourth-order valence-electron chi connectivity index (χ4n) is 4.33. The number of morpholine rings is 1. The fourth-order valence-corrected chi connectivity index (χ4v) is 4.33. The lowest BCUT2D eigenvalue weighted by Gasteiger charge is -2.35. The van der Waals surface area contributed by atoms with E-state index in [0.717, 1.165) is 30.0 Å². The van der Waals surface area contributed by atoms with Crippen molar-refractivity contribution >= 4 is 5.91 Å². The highest BCUT2D eigenvalue weighted by atomic mass is 16.6. The van der Waals surface area contributed by atoms with Gasteiger partial charge in [-0.3, -0.25) is 14.8 Å². The van der Waals surface area contributed by atoms with E-state index in [1.165, 1.54) is 0 Å². The lowest BCUT2D eigenvalue weighted by molar-refractivity contribution is 0.0162. The van der Waals surface area contributed by atoms with E-state index in [9.17, 15) is 4.79 Å². The molecule has 0 aliphatic carbocycles. The van der Waals surface area contributed by atoms with Crippen LogP contribution in [0.2, 0.25) is 0 Å². The summed E-state index contributed by atoms with van der Waals surface area (Å²) < 4.78 is 22.1. The average molecular weight is 465 g/mol. The monoisotopic (exact) mass is 464 g/mol. The van der Waals surface area contributed by atoms with Crippen LogP contribution in [0, 0.1) is 0 Å². The predicted octanol–water partition coefficient (Wildman–Crippen LogP) is 2.66. The molecule has 178 valence electrons. The molecule has 1 atom stereocenters. The molecule has 5 rings (SSSR count). The maximum atomic E-state index is 13.2. The van der Waals surface area contributed by atoms with Gasteiger partial charge in [0.15, 0.2) is 11.5 Å². The van der Waals surface area contributed by atoms with Gasteiger partial charge < -0.3 is 24.3 Å². The highest BCUT2D eigenvalue weighted by Gasteiger charge is 2.25. The Balaban J connectivity index is 1.33. The number of carbonyl (C=O) groups excluding carboxylic acids is 1. The largest absolute Gasteiger partial charge is 0.497 e. The smallest absolute Gasteiger partial charge is 0.255 e. The van der Waals surface area contributed by atoms with Crippen molar-refractivity contribution in [3.05, 3.63) is 59.8 Å². The molecule has 3 heterocycles. The highest BCUT2D eigenvalue weighted by Crippen LogP contribution is 2.35. The molecule has 2 aromatic carbocycles. The first-order valence-corrected chi connectivity index (χ1v) is 11.4. The molecular weight excluding hydrogens is 436 g/mol. The molecule has 2 aliphatic heterocycles. The molecule has 1 aromatic heterocycles. The molecule has 9 heteroatoms. The zero-order chi connectivity index (χ0) is 23.3. The number of aromatic amines is 1. The second-order valence-corrected chi connectivity index (χ2v) is 8.16. The van der Waals surface area contributed by atoms with E-state index in [4.69, 9.17) is 18.9 Å². The molecule has 1 amide bonds. The minimum Gasteiger partial charge on any atom is -0.497 e. The third-order valence-corrected chi connectivity index (χ3v) is 6.16. The maximum Gasteiger partial charge on any atom is 0.255 e. The number of nitrogens with zero attached hydrogens (tertiary/aromatic N) is 2. The zero-order valence-corrected chi connectivity index (χ0v) is 19.1. The molecule has 0 unspecified atom stereocenters. The molecule has 3 aromatic rings. The van der Waals surface area contributed by atoms with E-state index in [2.05, 4.69) is 20.4 Å². The first kappa shape index (κ1) is 22.2. The van der Waals surface area contributed by atoms with Crippen LogP contribution in [0.1, 0.15) is 22.0 Å². The number of H-pyrrole nitrogens is 1. The van der Waals surface area contributed by atoms with Gasteiger partial charge in [-0.05, 0) is 35.9 Å². The number of methoxy groups -OCH3 is 1. The Bertz CT molecular complexity index is 1120. The van der Waals surface area contributed by atoms with Gasteiger partial charge in [-0.25, -0.2) is 0 Å². The SMILES string of the molecule is COc1ccc([C@@H](CNC(=O)c2cn[nH]c2-c2ccc3c(c2)OCCO3)N2CCOCC2)cc1. The van der Waals surface area contributed by atoms with Crippen LogP contribution >= 0.6 is 0 Å². The molecule has 34 heavy (non-hydrogen) atoms. The number of hydrogen-bond donors (Lipinski definition) is 2. The lowest BCUT2D eigenvalue weighted by atomic mass is 10.0. The summed E-state index contributed by atoms with van der Waals surface area (Å²) in [6, 6.07) is 13.6. The Labute approximate surface area is 198 Å². The van der Waals surface area contributed by atoms with Crippen LogP contribution in [0.4, 0.5) is 0 Å². The van der Waals surface area contributed by atoms with Crippen LogP contribution in [0.25, 0.3) is 11.3 Å². The number of aromatic nitrogens is 2. The summed E-state index contributed by atoms with van der Waals surface area (Å²) in [7, 11) is 1.65. The Morgan fingerprint density at radius 2 is 1.85 bits per heavy atom. The molecule has 9 nitrogen and oxygen atoms in total. The van der Waals surface area contributed by atoms with E-state index in [1.54, 1.807) is 13.3 Å². The lowest BCUT2D eigenvalue weighted by Crippen LogP contribution is -2.43. The molecule has 1 saturated heterocycles. The van der Waals surface area contributed by atoms with Crippen molar-refractivity contribution in [2.45, 2.75) is 6.04 Å². The number of nitrogens with one attached hydrogen (secondary N) is 2. The van der Waals surface area contributed by atoms with Crippen molar-refractivity contribution in [1.82, 2.24) is 20.4 Å². The van der Waals surface area contributed by atoms with Gasteiger partial charge in [0.05, 0.1) is 43.8 Å². The van der Waals surface area contributed by atoms with Crippen LogP contribution in [0.5, 0.6) is 17.2 Å². The normalized spacial score (nSPS) is 16.6. The van der Waals surface area contributed by atoms with Crippen molar-refractivity contribution in [3.63, 3.8) is 0 Å². The zero-order valence-electron chi connectivity index (χ0n) is 19.1. The molecule has 0 bridgehead atoms. The summed E-state index contributed by atoms with van der Waals surface area (Å²) in [4.78, 5) is 15.6. The quantitative estimate of drug-likeness (QED) is 0.555. The number of fused-ring (bicyclic) bond motifs is 1. The Kier molecular flexibility index (Phi) is 6.64. The van der Waals surface area contributed by atoms with Crippen LogP contribution < -0.4 is 19.5 Å². The van der Waals surface area contributed by atoms with E-state index < -0.39 is 0 Å². The number of rotatable bonds is 7. The van der Waals surface area contributed by atoms with Gasteiger partial charge in [0, 0.05) is 25.2 Å². The number of hydrogen-bond acceptors (Lipinski definition) is 7. The van der Waals surface area contributed by atoms with Crippen molar-refractivity contribution < 1.29 is 23.7 Å². The Morgan fingerprint density at radius 1 is 1.09 bits per heavy atom. The van der Waals surface area contributed by atoms with Gasteiger partial charge in [0.2, 0.25) is 0 Å². The van der Waals surface area contributed by atoms with Gasteiger partial charge >= 0.3 is 0 Å². The van der Waals surface area contributed by atoms with E-state index in [0.29, 0.717) is 55.7 Å². The second-order valence-electron chi connectivity index (χ2n) is 8.16. The first-order valence-electron chi connectivity index (χ1n) is 11.4. The van der Waals surface area contributed by atoms with Gasteiger partial charge in [-0.2, -0.15) is 5.10 Å². The van der Waals surface area contributed by atoms with Crippen LogP contribution in [-0.4, -0.2) is 74.2 Å². The Hall–Kier alpha value is -3.56. The number of amides is 1. The predicted molar refractivity (Wildman–Crippen MR) is 125 cm³/mol. The van der Waals surface area contributed by atoms with E-state index >= 15 is 0 Å². The maximum absolute atomic E-state index is 13.2. The molecule has 1 fully saturated rings. The standard InChI is InChI=1S/C25H28N4O5/c1-31-19-5-2-17(3-6-19)21(29-8-10-32-11-9-29)16-26-25(30)20-15-27-28-24(20)18-4-7-22-23(14-18)34-13-12-33-22/h2-7,14-15,21H,8-13,16H2,1H3,(H,26,30)(H,27,28)/t21-/m1/s1. The number of benzene rings is 2. The summed E-state index contributed by atoms with van der Waals surface area (Å²) in [6.07, 6.45) is 1.55. The minimum atomic E-state index is -0.189. The van der Waals surface area contributed by atoms with Crippen molar-refractivity contribution in [2.24, 2.45) is 0 Å². The molecular formula is C25H28N4O5. The van der Waals surface area contributed by atoms with Gasteiger partial charge in [0.1, 0.15) is 19.0 Å². The summed E-state index contributed by atoms with van der Waals surface area (Å²) in [6.45, 7) is 4.45. The molecule has 0 spiro atoms. The van der Waals surface area contributed by atoms with Crippen LogP contribution in [0.3, 0.4) is 0 Å². The summed E-state index contributed by atoms with van der Waals surface area (Å²) >= 11 is 0. The number of carbonyl (C=O) groups is 1. The number of ether oxygens (including phenoxy) is 4. The topological polar surface area (TPSA) is 97.9 Å². The van der Waals surface area contributed by atoms with Crippen molar-refractivity contribution in [1.29, 1.82) is 0 Å². The fraction of sp³-hybridized carbons (Fsp3) is 0.360. The highest BCUT2D eigenvalue weighted by molar-refractivity contribution is 5.99. The molecule has 2 aliphatic rings. The van der Waals surface area contributed by atoms with Gasteiger partial charge in [-0.1, -0.05) is 12.1 Å². The Morgan fingerprint density at radius 3 is 2.62 bits per heavy atom. The second kappa shape index (κ2) is 10.1. The summed E-state index contributed by atoms with van der Waals surface area (Å²) in [5.41, 5.74) is 3.04. The third-order valence-electron chi connectivity index (χ3n) is 6.16. The first-order chi connectivity index (χ1) is 16.7. The van der Waals surface area contributed by atoms with E-state index in [-0.39, 0.29) is 11.9 Å². The van der Waals surface area contributed by atoms with Crippen molar-refractivity contribution in [3.8, 4) is 28.5 Å². The summed E-state index contributed by atoms with van der Waals surface area (Å²) in [5.74, 6) is 1.98. The van der Waals surface area contributed by atoms with Crippen LogP contribution in [-0.2, 0) is 4.74 Å². The molecule has 2 N–H and O–H groups in total.